The van der Waals surface area contributed by atoms with Gasteiger partial charge >= 0.3 is 0 Å². The standard InChI is InChI=1S/C14H13F2N/c15-13-6-5-11(9-14(13)16)12-4-2-1-3-10(12)7-8-17/h1-6,9H,7-8,17H2. The van der Waals surface area contributed by atoms with E-state index in [0.29, 0.717) is 12.1 Å². The van der Waals surface area contributed by atoms with Crippen molar-refractivity contribution < 1.29 is 8.78 Å². The monoisotopic (exact) mass is 233 g/mol. The van der Waals surface area contributed by atoms with Crippen LogP contribution in [0.25, 0.3) is 11.1 Å². The van der Waals surface area contributed by atoms with Gasteiger partial charge in [0.1, 0.15) is 0 Å². The third-order valence-corrected chi connectivity index (χ3v) is 2.66. The fourth-order valence-corrected chi connectivity index (χ4v) is 1.84. The zero-order valence-electron chi connectivity index (χ0n) is 9.29. The van der Waals surface area contributed by atoms with Gasteiger partial charge in [0.15, 0.2) is 11.6 Å². The van der Waals surface area contributed by atoms with Crippen LogP contribution in [0.15, 0.2) is 42.5 Å². The molecule has 0 aliphatic carbocycles. The maximum atomic E-state index is 13.2. The van der Waals surface area contributed by atoms with E-state index in [9.17, 15) is 8.78 Å². The summed E-state index contributed by atoms with van der Waals surface area (Å²) >= 11 is 0. The van der Waals surface area contributed by atoms with Gasteiger partial charge in [-0.25, -0.2) is 8.78 Å². The Morgan fingerprint density at radius 3 is 2.41 bits per heavy atom. The molecule has 17 heavy (non-hydrogen) atoms. The van der Waals surface area contributed by atoms with Crippen molar-refractivity contribution in [3.8, 4) is 11.1 Å². The van der Waals surface area contributed by atoms with Gasteiger partial charge in [0.2, 0.25) is 0 Å². The third-order valence-electron chi connectivity index (χ3n) is 2.66. The maximum Gasteiger partial charge on any atom is 0.159 e. The van der Waals surface area contributed by atoms with Gasteiger partial charge in [-0.15, -0.1) is 0 Å². The molecule has 0 saturated carbocycles. The summed E-state index contributed by atoms with van der Waals surface area (Å²) in [6, 6.07) is 11.6. The van der Waals surface area contributed by atoms with Crippen LogP contribution in [0.5, 0.6) is 0 Å². The molecule has 3 heteroatoms. The minimum Gasteiger partial charge on any atom is -0.330 e. The van der Waals surface area contributed by atoms with E-state index in [1.165, 1.54) is 6.07 Å². The Bertz CT molecular complexity index is 523. The Morgan fingerprint density at radius 1 is 0.941 bits per heavy atom. The molecule has 0 atom stereocenters. The number of benzene rings is 2. The smallest absolute Gasteiger partial charge is 0.159 e. The van der Waals surface area contributed by atoms with E-state index in [1.54, 1.807) is 6.07 Å². The maximum absolute atomic E-state index is 13.2. The van der Waals surface area contributed by atoms with Crippen LogP contribution in [0.1, 0.15) is 5.56 Å². The largest absolute Gasteiger partial charge is 0.330 e. The molecule has 0 bridgehead atoms. The van der Waals surface area contributed by atoms with Crippen LogP contribution >= 0.6 is 0 Å². The topological polar surface area (TPSA) is 26.0 Å². The number of halogens is 2. The molecule has 0 aliphatic heterocycles. The van der Waals surface area contributed by atoms with Crippen LogP contribution in [-0.2, 0) is 6.42 Å². The normalized spacial score (nSPS) is 10.5. The van der Waals surface area contributed by atoms with E-state index in [4.69, 9.17) is 5.73 Å². The van der Waals surface area contributed by atoms with Crippen LogP contribution in [0.3, 0.4) is 0 Å². The summed E-state index contributed by atoms with van der Waals surface area (Å²) in [5, 5.41) is 0. The Labute approximate surface area is 98.9 Å². The average Bonchev–Trinajstić information content (AvgIpc) is 2.34. The van der Waals surface area contributed by atoms with Crippen molar-refractivity contribution in [2.24, 2.45) is 5.73 Å². The zero-order chi connectivity index (χ0) is 12.3. The summed E-state index contributed by atoms with van der Waals surface area (Å²) in [6.45, 7) is 0.528. The van der Waals surface area contributed by atoms with Crippen LogP contribution in [0.2, 0.25) is 0 Å². The van der Waals surface area contributed by atoms with Crippen molar-refractivity contribution in [2.75, 3.05) is 6.54 Å². The number of hydrogen-bond donors (Lipinski definition) is 1. The first kappa shape index (κ1) is 11.7. The second-order valence-corrected chi connectivity index (χ2v) is 3.82. The lowest BCUT2D eigenvalue weighted by Crippen LogP contribution is -2.03. The summed E-state index contributed by atoms with van der Waals surface area (Å²) in [7, 11) is 0. The van der Waals surface area contributed by atoms with E-state index in [2.05, 4.69) is 0 Å². The van der Waals surface area contributed by atoms with Crippen molar-refractivity contribution in [3.63, 3.8) is 0 Å². The Balaban J connectivity index is 2.48. The summed E-state index contributed by atoms with van der Waals surface area (Å²) in [6.07, 6.45) is 0.717. The fraction of sp³-hybridized carbons (Fsp3) is 0.143. The van der Waals surface area contributed by atoms with Gasteiger partial charge in [-0.1, -0.05) is 30.3 Å². The van der Waals surface area contributed by atoms with Crippen molar-refractivity contribution in [3.05, 3.63) is 59.7 Å². The molecule has 0 unspecified atom stereocenters. The van der Waals surface area contributed by atoms with Gasteiger partial charge in [0.25, 0.3) is 0 Å². The second kappa shape index (κ2) is 5.06. The molecule has 2 rings (SSSR count). The lowest BCUT2D eigenvalue weighted by Gasteiger charge is -2.09. The van der Waals surface area contributed by atoms with Gasteiger partial charge in [-0.2, -0.15) is 0 Å². The highest BCUT2D eigenvalue weighted by Gasteiger charge is 2.07. The van der Waals surface area contributed by atoms with Crippen molar-refractivity contribution in [1.82, 2.24) is 0 Å². The summed E-state index contributed by atoms with van der Waals surface area (Å²) in [5.74, 6) is -1.66. The molecule has 0 saturated heterocycles. The first-order chi connectivity index (χ1) is 8.22. The quantitative estimate of drug-likeness (QED) is 0.866. The van der Waals surface area contributed by atoms with Gasteiger partial charge in [-0.05, 0) is 41.8 Å². The highest BCUT2D eigenvalue weighted by atomic mass is 19.2. The molecule has 2 aromatic rings. The first-order valence-electron chi connectivity index (χ1n) is 5.46. The third kappa shape index (κ3) is 2.50. The van der Waals surface area contributed by atoms with Crippen molar-refractivity contribution in [1.29, 1.82) is 0 Å². The van der Waals surface area contributed by atoms with E-state index >= 15 is 0 Å². The van der Waals surface area contributed by atoms with Crippen LogP contribution in [0.4, 0.5) is 8.78 Å². The van der Waals surface area contributed by atoms with Gasteiger partial charge in [0, 0.05) is 0 Å². The van der Waals surface area contributed by atoms with Gasteiger partial charge in [0.05, 0.1) is 0 Å². The molecule has 0 aliphatic rings. The first-order valence-corrected chi connectivity index (χ1v) is 5.46. The molecule has 0 heterocycles. The molecule has 2 aromatic carbocycles. The van der Waals surface area contributed by atoms with E-state index < -0.39 is 11.6 Å². The van der Waals surface area contributed by atoms with Gasteiger partial charge in [-0.3, -0.25) is 0 Å². The highest BCUT2D eigenvalue weighted by molar-refractivity contribution is 5.67. The minimum absolute atomic E-state index is 0.528. The predicted molar refractivity (Wildman–Crippen MR) is 64.6 cm³/mol. The number of hydrogen-bond acceptors (Lipinski definition) is 1. The van der Waals surface area contributed by atoms with Crippen LogP contribution in [0, 0.1) is 11.6 Å². The predicted octanol–water partition coefficient (Wildman–Crippen LogP) is 3.13. The summed E-state index contributed by atoms with van der Waals surface area (Å²) in [5.41, 5.74) is 8.14. The molecular formula is C14H13F2N. The SMILES string of the molecule is NCCc1ccccc1-c1ccc(F)c(F)c1. The van der Waals surface area contributed by atoms with Gasteiger partial charge < -0.3 is 5.73 Å². The van der Waals surface area contributed by atoms with Crippen molar-refractivity contribution >= 4 is 0 Å². The van der Waals surface area contributed by atoms with E-state index in [1.807, 2.05) is 24.3 Å². The highest BCUT2D eigenvalue weighted by Crippen LogP contribution is 2.25. The molecule has 2 N–H and O–H groups in total. The Kier molecular flexibility index (Phi) is 3.49. The van der Waals surface area contributed by atoms with Crippen molar-refractivity contribution in [2.45, 2.75) is 6.42 Å². The second-order valence-electron chi connectivity index (χ2n) is 3.82. The molecule has 88 valence electrons. The van der Waals surface area contributed by atoms with E-state index in [0.717, 1.165) is 23.6 Å². The van der Waals surface area contributed by atoms with E-state index in [-0.39, 0.29) is 0 Å². The number of nitrogens with two attached hydrogens (primary N) is 1. The molecule has 1 nitrogen and oxygen atoms in total. The molecule has 0 radical (unpaired) electrons. The molecule has 0 amide bonds. The number of rotatable bonds is 3. The lowest BCUT2D eigenvalue weighted by molar-refractivity contribution is 0.509. The summed E-state index contributed by atoms with van der Waals surface area (Å²) < 4.78 is 26.1. The Morgan fingerprint density at radius 2 is 1.71 bits per heavy atom. The average molecular weight is 233 g/mol. The summed E-state index contributed by atoms with van der Waals surface area (Å²) in [4.78, 5) is 0. The minimum atomic E-state index is -0.829. The van der Waals surface area contributed by atoms with Crippen LogP contribution < -0.4 is 5.73 Å². The zero-order valence-corrected chi connectivity index (χ0v) is 9.29. The fourth-order valence-electron chi connectivity index (χ4n) is 1.84. The van der Waals surface area contributed by atoms with Crippen LogP contribution in [-0.4, -0.2) is 6.54 Å². The molecule has 0 aromatic heterocycles. The molecule has 0 fully saturated rings. The molecular weight excluding hydrogens is 220 g/mol. The Hall–Kier alpha value is -1.74. The lowest BCUT2D eigenvalue weighted by atomic mass is 9.97. The molecule has 0 spiro atoms.